The minimum absolute atomic E-state index is 0.0974. The number of aliphatic hydroxyl groups excluding tert-OH is 2. The third-order valence-corrected chi connectivity index (χ3v) is 9.90. The molecule has 2 aromatic carbocycles. The Morgan fingerprint density at radius 2 is 1.67 bits per heavy atom. The van der Waals surface area contributed by atoms with Crippen molar-refractivity contribution in [2.24, 2.45) is 11.8 Å². The van der Waals surface area contributed by atoms with Crippen molar-refractivity contribution in [2.75, 3.05) is 18.5 Å². The molecular formula is C25H27ClF3N3O6S. The number of amides is 3. The molecule has 2 saturated carbocycles. The molecule has 212 valence electrons. The van der Waals surface area contributed by atoms with Crippen LogP contribution in [0.5, 0.6) is 0 Å². The maximum Gasteiger partial charge on any atom is 0.315 e. The number of hydrogen-bond acceptors (Lipinski definition) is 6. The minimum Gasteiger partial charge on any atom is -0.394 e. The van der Waals surface area contributed by atoms with Crippen LogP contribution in [0.2, 0.25) is 5.02 Å². The fourth-order valence-electron chi connectivity index (χ4n) is 5.31. The van der Waals surface area contributed by atoms with E-state index < -0.39 is 57.2 Å². The van der Waals surface area contributed by atoms with Gasteiger partial charge in [0.1, 0.15) is 0 Å². The van der Waals surface area contributed by atoms with Crippen molar-refractivity contribution in [1.82, 2.24) is 10.6 Å². The summed E-state index contributed by atoms with van der Waals surface area (Å²) in [5.41, 5.74) is -0.490. The molecule has 0 aliphatic heterocycles. The number of rotatable bonds is 8. The van der Waals surface area contributed by atoms with Gasteiger partial charge in [-0.15, -0.1) is 0 Å². The standard InChI is InChI=1S/C25H27ClF3N3O6S/c26-18-4-3-14(24(35)31-15-8-19(27)22(29)20(28)9-15)7-21(18)39(37,38)17-5-12-1-2-13(6-17)23(12)32-25(36)30-10-16(34)11-33/h3-4,7-9,12-13,16-17,23,33-34H,1-2,5-6,10-11H2,(H,31,35)(H2,30,32,36)/t12-,13?,16?,17?,23?/m0/s1. The maximum atomic E-state index is 13.6. The van der Waals surface area contributed by atoms with Gasteiger partial charge in [0.2, 0.25) is 0 Å². The molecular weight excluding hydrogens is 563 g/mol. The van der Waals surface area contributed by atoms with Crippen LogP contribution in [0.15, 0.2) is 35.2 Å². The highest BCUT2D eigenvalue weighted by Crippen LogP contribution is 2.46. The predicted molar refractivity (Wildman–Crippen MR) is 136 cm³/mol. The lowest BCUT2D eigenvalue weighted by Crippen LogP contribution is -2.51. The summed E-state index contributed by atoms with van der Waals surface area (Å²) in [4.78, 5) is 24.7. The van der Waals surface area contributed by atoms with Gasteiger partial charge in [-0.1, -0.05) is 11.6 Å². The average molecular weight is 590 g/mol. The van der Waals surface area contributed by atoms with E-state index in [1.54, 1.807) is 0 Å². The monoisotopic (exact) mass is 589 g/mol. The van der Waals surface area contributed by atoms with E-state index in [9.17, 15) is 36.3 Å². The van der Waals surface area contributed by atoms with Crippen LogP contribution in [0.3, 0.4) is 0 Å². The fourth-order valence-corrected chi connectivity index (χ4v) is 7.74. The predicted octanol–water partition coefficient (Wildman–Crippen LogP) is 2.99. The van der Waals surface area contributed by atoms with E-state index in [0.29, 0.717) is 25.0 Å². The summed E-state index contributed by atoms with van der Waals surface area (Å²) < 4.78 is 67.5. The third kappa shape index (κ3) is 6.32. The second kappa shape index (κ2) is 11.7. The smallest absolute Gasteiger partial charge is 0.315 e. The van der Waals surface area contributed by atoms with Gasteiger partial charge in [-0.05, 0) is 55.7 Å². The van der Waals surface area contributed by atoms with E-state index in [4.69, 9.17) is 16.7 Å². The Labute approximate surface area is 227 Å². The molecule has 0 radical (unpaired) electrons. The molecule has 0 spiro atoms. The van der Waals surface area contributed by atoms with E-state index in [1.807, 2.05) is 0 Å². The summed E-state index contributed by atoms with van der Waals surface area (Å²) in [5.74, 6) is -5.79. The van der Waals surface area contributed by atoms with E-state index in [2.05, 4.69) is 16.0 Å². The zero-order chi connectivity index (χ0) is 28.5. The van der Waals surface area contributed by atoms with Gasteiger partial charge >= 0.3 is 6.03 Å². The van der Waals surface area contributed by atoms with Crippen molar-refractivity contribution in [3.8, 4) is 0 Å². The number of aliphatic hydroxyl groups is 2. The molecule has 14 heteroatoms. The lowest BCUT2D eigenvalue weighted by atomic mass is 9.84. The first-order valence-electron chi connectivity index (χ1n) is 12.2. The number of nitrogens with one attached hydrogen (secondary N) is 3. The Hall–Kier alpha value is -2.87. The number of sulfone groups is 1. The van der Waals surface area contributed by atoms with Gasteiger partial charge in [0.25, 0.3) is 5.91 Å². The normalized spacial score (nSPS) is 23.2. The second-order valence-electron chi connectivity index (χ2n) is 9.81. The molecule has 2 bridgehead atoms. The van der Waals surface area contributed by atoms with E-state index in [1.165, 1.54) is 12.1 Å². The SMILES string of the molecule is O=C(NCC(O)CO)NC1C2CC[C@H]1CC(S(=O)(=O)c1cc(C(=O)Nc3cc(F)c(F)c(F)c3)ccc1Cl)C2. The van der Waals surface area contributed by atoms with Gasteiger partial charge < -0.3 is 26.2 Å². The third-order valence-electron chi connectivity index (χ3n) is 7.24. The molecule has 5 N–H and O–H groups in total. The van der Waals surface area contributed by atoms with Crippen LogP contribution in [-0.2, 0) is 9.84 Å². The number of hydrogen-bond donors (Lipinski definition) is 5. The topological polar surface area (TPSA) is 145 Å². The van der Waals surface area contributed by atoms with Gasteiger partial charge in [0, 0.05) is 36.0 Å². The van der Waals surface area contributed by atoms with Crippen LogP contribution in [0.25, 0.3) is 0 Å². The summed E-state index contributed by atoms with van der Waals surface area (Å²) in [7, 11) is -4.01. The molecule has 2 aromatic rings. The number of carbonyl (C=O) groups is 2. The number of carbonyl (C=O) groups excluding carboxylic acids is 2. The molecule has 39 heavy (non-hydrogen) atoms. The van der Waals surface area contributed by atoms with Gasteiger partial charge in [-0.2, -0.15) is 0 Å². The van der Waals surface area contributed by atoms with Gasteiger partial charge in [-0.3, -0.25) is 4.79 Å². The van der Waals surface area contributed by atoms with E-state index in [-0.39, 0.29) is 58.4 Å². The van der Waals surface area contributed by atoms with Gasteiger partial charge in [-0.25, -0.2) is 26.4 Å². The van der Waals surface area contributed by atoms with E-state index >= 15 is 0 Å². The zero-order valence-electron chi connectivity index (χ0n) is 20.5. The van der Waals surface area contributed by atoms with Crippen LogP contribution >= 0.6 is 11.6 Å². The molecule has 0 saturated heterocycles. The Bertz CT molecular complexity index is 1340. The first-order valence-corrected chi connectivity index (χ1v) is 14.2. The van der Waals surface area contributed by atoms with Crippen LogP contribution < -0.4 is 16.0 Å². The number of benzene rings is 2. The quantitative estimate of drug-likeness (QED) is 0.299. The zero-order valence-corrected chi connectivity index (χ0v) is 22.0. The Balaban J connectivity index is 1.47. The molecule has 4 rings (SSSR count). The van der Waals surface area contributed by atoms with Crippen molar-refractivity contribution in [2.45, 2.75) is 48.0 Å². The largest absolute Gasteiger partial charge is 0.394 e. The number of fused-ring (bicyclic) bond motifs is 2. The number of halogens is 4. The highest BCUT2D eigenvalue weighted by Gasteiger charge is 2.47. The number of anilines is 1. The van der Waals surface area contributed by atoms with Crippen molar-refractivity contribution in [1.29, 1.82) is 0 Å². The molecule has 3 amide bonds. The lowest BCUT2D eigenvalue weighted by molar-refractivity contribution is 0.0955. The molecule has 0 heterocycles. The molecule has 4 unspecified atom stereocenters. The van der Waals surface area contributed by atoms with Crippen molar-refractivity contribution < 1.29 is 41.4 Å². The molecule has 2 aliphatic carbocycles. The van der Waals surface area contributed by atoms with Crippen molar-refractivity contribution in [3.05, 3.63) is 58.4 Å². The summed E-state index contributed by atoms with van der Waals surface area (Å²) in [6, 6.07) is 4.00. The van der Waals surface area contributed by atoms with Crippen molar-refractivity contribution in [3.63, 3.8) is 0 Å². The number of urea groups is 1. The molecule has 0 aromatic heterocycles. The Kier molecular flexibility index (Phi) is 8.74. The average Bonchev–Trinajstić information content (AvgIpc) is 3.10. The van der Waals surface area contributed by atoms with Crippen LogP contribution in [0.1, 0.15) is 36.0 Å². The summed E-state index contributed by atoms with van der Waals surface area (Å²) in [5, 5.41) is 24.9. The molecule has 9 nitrogen and oxygen atoms in total. The Morgan fingerprint density at radius 3 is 2.26 bits per heavy atom. The highest BCUT2D eigenvalue weighted by atomic mass is 35.5. The first-order chi connectivity index (χ1) is 18.4. The van der Waals surface area contributed by atoms with Crippen LogP contribution in [0.4, 0.5) is 23.7 Å². The highest BCUT2D eigenvalue weighted by molar-refractivity contribution is 7.92. The summed E-state index contributed by atoms with van der Waals surface area (Å²) in [6.45, 7) is -0.627. The van der Waals surface area contributed by atoms with Crippen LogP contribution in [-0.4, -0.2) is 61.1 Å². The van der Waals surface area contributed by atoms with Gasteiger partial charge in [0.15, 0.2) is 27.3 Å². The second-order valence-corrected chi connectivity index (χ2v) is 12.4. The maximum absolute atomic E-state index is 13.6. The Morgan fingerprint density at radius 1 is 1.05 bits per heavy atom. The molecule has 5 atom stereocenters. The fraction of sp³-hybridized carbons (Fsp3) is 0.440. The lowest BCUT2D eigenvalue weighted by Gasteiger charge is -2.35. The van der Waals surface area contributed by atoms with Gasteiger partial charge in [0.05, 0.1) is 27.9 Å². The molecule has 2 aliphatic rings. The minimum atomic E-state index is -4.01. The van der Waals surface area contributed by atoms with E-state index in [0.717, 1.165) is 6.07 Å². The molecule has 2 fully saturated rings. The van der Waals surface area contributed by atoms with Crippen molar-refractivity contribution >= 4 is 39.1 Å². The summed E-state index contributed by atoms with van der Waals surface area (Å²) >= 11 is 6.23. The summed E-state index contributed by atoms with van der Waals surface area (Å²) in [6.07, 6.45) is 0.839. The van der Waals surface area contributed by atoms with Crippen LogP contribution in [0, 0.1) is 29.3 Å². The first kappa shape index (κ1) is 29.1.